The molecule has 0 saturated carbocycles. The van der Waals surface area contributed by atoms with Crippen molar-refractivity contribution < 1.29 is 19.1 Å². The van der Waals surface area contributed by atoms with Crippen LogP contribution >= 0.6 is 11.3 Å². The van der Waals surface area contributed by atoms with E-state index in [0.717, 1.165) is 21.3 Å². The molecule has 6 nitrogen and oxygen atoms in total. The lowest BCUT2D eigenvalue weighted by Gasteiger charge is -2.29. The number of anilines is 1. The maximum Gasteiger partial charge on any atom is 0.309 e. The number of carbonyl (C=O) groups excluding carboxylic acids is 2. The van der Waals surface area contributed by atoms with Crippen molar-refractivity contribution >= 4 is 28.4 Å². The first-order valence-corrected chi connectivity index (χ1v) is 10.2. The summed E-state index contributed by atoms with van der Waals surface area (Å²) in [6, 6.07) is 8.34. The predicted molar refractivity (Wildman–Crippen MR) is 109 cm³/mol. The Hall–Kier alpha value is -2.41. The zero-order valence-corrected chi connectivity index (χ0v) is 17.5. The Morgan fingerprint density at radius 2 is 1.89 bits per heavy atom. The van der Waals surface area contributed by atoms with Crippen LogP contribution in [0.1, 0.15) is 34.0 Å². The Morgan fingerprint density at radius 1 is 1.18 bits per heavy atom. The van der Waals surface area contributed by atoms with Crippen LogP contribution in [-0.4, -0.2) is 44.7 Å². The van der Waals surface area contributed by atoms with Gasteiger partial charge in [-0.15, -0.1) is 11.3 Å². The molecule has 2 atom stereocenters. The van der Waals surface area contributed by atoms with Gasteiger partial charge < -0.3 is 14.4 Å². The van der Waals surface area contributed by atoms with Gasteiger partial charge >= 0.3 is 11.9 Å². The highest BCUT2D eigenvalue weighted by Crippen LogP contribution is 2.41. The molecule has 0 aliphatic heterocycles. The Labute approximate surface area is 169 Å². The number of esters is 2. The van der Waals surface area contributed by atoms with Crippen LogP contribution in [0.2, 0.25) is 0 Å². The molecule has 0 bridgehead atoms. The number of carbonyl (C=O) groups is 2. The van der Waals surface area contributed by atoms with E-state index in [2.05, 4.69) is 31.2 Å². The number of ether oxygens (including phenoxy) is 2. The quantitative estimate of drug-likeness (QED) is 0.692. The second-order valence-corrected chi connectivity index (χ2v) is 8.23. The first-order chi connectivity index (χ1) is 13.4. The molecule has 0 N–H and O–H groups in total. The van der Waals surface area contributed by atoms with Crippen molar-refractivity contribution in [2.45, 2.75) is 32.1 Å². The predicted octanol–water partition coefficient (Wildman–Crippen LogP) is 3.12. The van der Waals surface area contributed by atoms with Crippen molar-refractivity contribution in [2.75, 3.05) is 32.7 Å². The Balaban J connectivity index is 1.84. The second kappa shape index (κ2) is 8.73. The summed E-state index contributed by atoms with van der Waals surface area (Å²) in [5.74, 6) is -0.576. The van der Waals surface area contributed by atoms with Crippen LogP contribution < -0.4 is 4.90 Å². The third kappa shape index (κ3) is 4.35. The van der Waals surface area contributed by atoms with Gasteiger partial charge in [0.15, 0.2) is 5.13 Å². The van der Waals surface area contributed by atoms with Crippen molar-refractivity contribution in [3.63, 3.8) is 0 Å². The number of aryl methyl sites for hydroxylation is 1. The Morgan fingerprint density at radius 3 is 2.54 bits per heavy atom. The van der Waals surface area contributed by atoms with Gasteiger partial charge in [0.2, 0.25) is 0 Å². The summed E-state index contributed by atoms with van der Waals surface area (Å²) in [5.41, 5.74) is 3.37. The number of hydrogen-bond donors (Lipinski definition) is 0. The summed E-state index contributed by atoms with van der Waals surface area (Å²) in [6.07, 6.45) is 1.65. The number of aromatic nitrogens is 1. The molecule has 7 heteroatoms. The van der Waals surface area contributed by atoms with Crippen molar-refractivity contribution in [3.05, 3.63) is 46.0 Å². The van der Waals surface area contributed by atoms with Crippen molar-refractivity contribution in [3.8, 4) is 0 Å². The minimum Gasteiger partial charge on any atom is -0.469 e. The number of thiazole rings is 1. The van der Waals surface area contributed by atoms with E-state index in [0.29, 0.717) is 25.8 Å². The van der Waals surface area contributed by atoms with E-state index in [9.17, 15) is 9.59 Å². The van der Waals surface area contributed by atoms with E-state index < -0.39 is 0 Å². The van der Waals surface area contributed by atoms with E-state index in [1.54, 1.807) is 11.3 Å². The normalized spacial score (nSPS) is 18.3. The Kier molecular flexibility index (Phi) is 6.34. The Bertz CT molecular complexity index is 847. The van der Waals surface area contributed by atoms with Gasteiger partial charge in [0.1, 0.15) is 0 Å². The molecule has 150 valence electrons. The molecule has 0 amide bonds. The zero-order chi connectivity index (χ0) is 20.3. The molecule has 1 aromatic heterocycles. The van der Waals surface area contributed by atoms with Crippen LogP contribution in [0, 0.1) is 12.8 Å². The lowest BCUT2D eigenvalue weighted by Crippen LogP contribution is -2.30. The summed E-state index contributed by atoms with van der Waals surface area (Å²) in [5, 5.41) is 0.863. The minimum absolute atomic E-state index is 0.0517. The average molecular weight is 403 g/mol. The number of hydrogen-bond acceptors (Lipinski definition) is 7. The molecule has 3 rings (SSSR count). The van der Waals surface area contributed by atoms with E-state index >= 15 is 0 Å². The molecule has 0 unspecified atom stereocenters. The van der Waals surface area contributed by atoms with Crippen molar-refractivity contribution in [1.29, 1.82) is 0 Å². The van der Waals surface area contributed by atoms with Gasteiger partial charge in [-0.05, 0) is 25.3 Å². The number of nitrogens with zero attached hydrogens (tertiary/aromatic N) is 2. The molecule has 28 heavy (non-hydrogen) atoms. The third-order valence-corrected chi connectivity index (χ3v) is 6.52. The molecule has 0 spiro atoms. The zero-order valence-electron chi connectivity index (χ0n) is 16.7. The summed E-state index contributed by atoms with van der Waals surface area (Å²) in [7, 11) is 4.76. The topological polar surface area (TPSA) is 68.7 Å². The summed E-state index contributed by atoms with van der Waals surface area (Å²) in [6.45, 7) is 2.60. The van der Waals surface area contributed by atoms with Gasteiger partial charge in [-0.2, -0.15) is 0 Å². The van der Waals surface area contributed by atoms with E-state index in [4.69, 9.17) is 14.5 Å². The number of benzene rings is 1. The van der Waals surface area contributed by atoms with Crippen molar-refractivity contribution in [1.82, 2.24) is 4.98 Å². The smallest absolute Gasteiger partial charge is 0.309 e. The summed E-state index contributed by atoms with van der Waals surface area (Å²) < 4.78 is 9.80. The first-order valence-electron chi connectivity index (χ1n) is 9.33. The molecule has 1 heterocycles. The highest BCUT2D eigenvalue weighted by Gasteiger charge is 2.37. The standard InChI is InChI=1S/C21H26N2O4S/c1-13-5-7-14(8-6-13)15-11-17-18(12-16(15)20(25)27-4)28-21(22-17)23(2)10-9-19(24)26-3/h5-8,15-16H,9-12H2,1-4H3/t15-,16+/m0/s1. The maximum absolute atomic E-state index is 12.5. The van der Waals surface area contributed by atoms with Crippen LogP contribution in [0.15, 0.2) is 24.3 Å². The van der Waals surface area contributed by atoms with Crippen LogP contribution in [0.3, 0.4) is 0 Å². The number of methoxy groups -OCH3 is 2. The van der Waals surface area contributed by atoms with E-state index in [1.807, 2.05) is 11.9 Å². The molecule has 2 aromatic rings. The molecule has 1 aliphatic carbocycles. The fraction of sp³-hybridized carbons (Fsp3) is 0.476. The molecule has 0 radical (unpaired) electrons. The number of rotatable bonds is 6. The molecule has 1 aromatic carbocycles. The molecule has 0 fully saturated rings. The second-order valence-electron chi connectivity index (χ2n) is 7.17. The fourth-order valence-electron chi connectivity index (χ4n) is 3.56. The molecular formula is C21H26N2O4S. The third-order valence-electron chi connectivity index (χ3n) is 5.29. The van der Waals surface area contributed by atoms with Crippen LogP contribution in [0.4, 0.5) is 5.13 Å². The van der Waals surface area contributed by atoms with Gasteiger partial charge in [0.05, 0.1) is 32.3 Å². The largest absolute Gasteiger partial charge is 0.469 e. The van der Waals surface area contributed by atoms with Crippen molar-refractivity contribution in [2.24, 2.45) is 5.92 Å². The van der Waals surface area contributed by atoms with Gasteiger partial charge in [0, 0.05) is 24.4 Å². The SMILES string of the molecule is COC(=O)CCN(C)c1nc2c(s1)C[C@@H](C(=O)OC)[C@H](c1ccc(C)cc1)C2. The van der Waals surface area contributed by atoms with Gasteiger partial charge in [0.25, 0.3) is 0 Å². The van der Waals surface area contributed by atoms with Gasteiger partial charge in [-0.1, -0.05) is 29.8 Å². The minimum atomic E-state index is -0.238. The highest BCUT2D eigenvalue weighted by atomic mass is 32.1. The van der Waals surface area contributed by atoms with Crippen LogP contribution in [-0.2, 0) is 31.9 Å². The van der Waals surface area contributed by atoms with E-state index in [1.165, 1.54) is 19.8 Å². The van der Waals surface area contributed by atoms with Crippen LogP contribution in [0.5, 0.6) is 0 Å². The van der Waals surface area contributed by atoms with Crippen LogP contribution in [0.25, 0.3) is 0 Å². The number of fused-ring (bicyclic) bond motifs is 1. The molecule has 0 saturated heterocycles. The molecule has 1 aliphatic rings. The van der Waals surface area contributed by atoms with E-state index in [-0.39, 0.29) is 23.8 Å². The first kappa shape index (κ1) is 20.3. The fourth-order valence-corrected chi connectivity index (χ4v) is 4.70. The summed E-state index contributed by atoms with van der Waals surface area (Å²) >= 11 is 1.59. The molecular weight excluding hydrogens is 376 g/mol. The highest BCUT2D eigenvalue weighted by molar-refractivity contribution is 7.15. The maximum atomic E-state index is 12.5. The lowest BCUT2D eigenvalue weighted by atomic mass is 9.76. The average Bonchev–Trinajstić information content (AvgIpc) is 3.14. The van der Waals surface area contributed by atoms with Gasteiger partial charge in [-0.3, -0.25) is 9.59 Å². The van der Waals surface area contributed by atoms with Gasteiger partial charge in [-0.25, -0.2) is 4.98 Å². The monoisotopic (exact) mass is 402 g/mol. The summed E-state index contributed by atoms with van der Waals surface area (Å²) in [4.78, 5) is 31.8. The lowest BCUT2D eigenvalue weighted by molar-refractivity contribution is -0.146.